The molecule has 0 amide bonds. The van der Waals surface area contributed by atoms with Gasteiger partial charge in [-0.25, -0.2) is 0 Å². The molecule has 2 aliphatic rings. The van der Waals surface area contributed by atoms with Crippen molar-refractivity contribution in [2.75, 3.05) is 34.4 Å². The highest BCUT2D eigenvalue weighted by Crippen LogP contribution is 2.40. The molecular formula is C24H30N2O4. The fourth-order valence-corrected chi connectivity index (χ4v) is 5.05. The lowest BCUT2D eigenvalue weighted by atomic mass is 9.81. The van der Waals surface area contributed by atoms with Gasteiger partial charge in [0.05, 0.1) is 21.3 Å². The monoisotopic (exact) mass is 410 g/mol. The third-order valence-electron chi connectivity index (χ3n) is 6.53. The van der Waals surface area contributed by atoms with E-state index in [1.165, 1.54) is 12.7 Å². The largest absolute Gasteiger partial charge is 0.497 e. The maximum Gasteiger partial charge on any atom is 0.323 e. The minimum Gasteiger partial charge on any atom is -0.497 e. The molecule has 2 saturated heterocycles. The van der Waals surface area contributed by atoms with Crippen LogP contribution in [-0.4, -0.2) is 57.4 Å². The van der Waals surface area contributed by atoms with E-state index in [4.69, 9.17) is 14.2 Å². The second-order valence-electron chi connectivity index (χ2n) is 8.09. The van der Waals surface area contributed by atoms with E-state index in [1.54, 1.807) is 14.2 Å². The van der Waals surface area contributed by atoms with Crippen molar-refractivity contribution < 1.29 is 19.0 Å². The number of rotatable bonds is 7. The van der Waals surface area contributed by atoms with Crippen LogP contribution in [-0.2, 0) is 16.1 Å². The van der Waals surface area contributed by atoms with Gasteiger partial charge in [0.1, 0.15) is 17.5 Å². The van der Waals surface area contributed by atoms with Gasteiger partial charge in [0, 0.05) is 37.2 Å². The van der Waals surface area contributed by atoms with Crippen LogP contribution in [0.3, 0.4) is 0 Å². The molecule has 5 unspecified atom stereocenters. The minimum absolute atomic E-state index is 0.126. The van der Waals surface area contributed by atoms with Crippen molar-refractivity contribution in [3.05, 3.63) is 59.7 Å². The Labute approximate surface area is 178 Å². The highest BCUT2D eigenvalue weighted by molar-refractivity contribution is 5.76. The Morgan fingerprint density at radius 2 is 1.87 bits per heavy atom. The first kappa shape index (κ1) is 20.7. The summed E-state index contributed by atoms with van der Waals surface area (Å²) in [7, 11) is 4.84. The maximum atomic E-state index is 12.3. The first-order chi connectivity index (χ1) is 14.6. The zero-order chi connectivity index (χ0) is 21.1. The first-order valence-corrected chi connectivity index (χ1v) is 10.5. The van der Waals surface area contributed by atoms with E-state index in [1.807, 2.05) is 24.3 Å². The van der Waals surface area contributed by atoms with Gasteiger partial charge in [0.25, 0.3) is 0 Å². The number of nitrogens with zero attached hydrogens (tertiary/aromatic N) is 1. The molecule has 0 spiro atoms. The number of benzene rings is 2. The van der Waals surface area contributed by atoms with Crippen LogP contribution in [0.15, 0.2) is 48.5 Å². The van der Waals surface area contributed by atoms with E-state index in [2.05, 4.69) is 34.5 Å². The molecule has 160 valence electrons. The van der Waals surface area contributed by atoms with Crippen molar-refractivity contribution in [2.24, 2.45) is 5.92 Å². The molecule has 2 aromatic carbocycles. The molecule has 6 nitrogen and oxygen atoms in total. The van der Waals surface area contributed by atoms with Gasteiger partial charge < -0.3 is 19.5 Å². The number of fused-ring (bicyclic) bond motifs is 2. The quantitative estimate of drug-likeness (QED) is 0.709. The Hall–Kier alpha value is -2.57. The van der Waals surface area contributed by atoms with E-state index in [9.17, 15) is 4.79 Å². The van der Waals surface area contributed by atoms with Crippen molar-refractivity contribution in [1.82, 2.24) is 10.2 Å². The van der Waals surface area contributed by atoms with Crippen LogP contribution in [0.25, 0.3) is 0 Å². The summed E-state index contributed by atoms with van der Waals surface area (Å²) < 4.78 is 16.0. The number of ether oxygens (including phenoxy) is 3. The zero-order valence-corrected chi connectivity index (χ0v) is 17.8. The van der Waals surface area contributed by atoms with Crippen LogP contribution < -0.4 is 14.8 Å². The fourth-order valence-electron chi connectivity index (χ4n) is 5.05. The van der Waals surface area contributed by atoms with Crippen molar-refractivity contribution in [1.29, 1.82) is 0 Å². The lowest BCUT2D eigenvalue weighted by Crippen LogP contribution is -2.50. The summed E-state index contributed by atoms with van der Waals surface area (Å²) in [6.45, 7) is 2.43. The van der Waals surface area contributed by atoms with Gasteiger partial charge in [-0.3, -0.25) is 9.69 Å². The summed E-state index contributed by atoms with van der Waals surface area (Å²) in [6.07, 6.45) is 0.822. The predicted octanol–water partition coefficient (Wildman–Crippen LogP) is 2.82. The molecule has 6 heteroatoms. The van der Waals surface area contributed by atoms with Gasteiger partial charge in [0.2, 0.25) is 0 Å². The number of carbonyl (C=O) groups is 1. The summed E-state index contributed by atoms with van der Waals surface area (Å²) in [5.74, 6) is 2.21. The molecule has 30 heavy (non-hydrogen) atoms. The average Bonchev–Trinajstić information content (AvgIpc) is 3.15. The molecule has 1 N–H and O–H groups in total. The van der Waals surface area contributed by atoms with Gasteiger partial charge in [-0.2, -0.15) is 0 Å². The van der Waals surface area contributed by atoms with E-state index < -0.39 is 0 Å². The number of piperidine rings is 1. The lowest BCUT2D eigenvalue weighted by Gasteiger charge is -2.39. The Kier molecular flexibility index (Phi) is 6.25. The van der Waals surface area contributed by atoms with Crippen molar-refractivity contribution in [3.8, 4) is 11.5 Å². The van der Waals surface area contributed by atoms with Gasteiger partial charge in [-0.15, -0.1) is 0 Å². The van der Waals surface area contributed by atoms with Crippen LogP contribution in [0.4, 0.5) is 0 Å². The molecule has 0 aromatic heterocycles. The molecule has 2 heterocycles. The van der Waals surface area contributed by atoms with Crippen molar-refractivity contribution in [3.63, 3.8) is 0 Å². The van der Waals surface area contributed by atoms with Crippen molar-refractivity contribution >= 4 is 5.97 Å². The second-order valence-corrected chi connectivity index (χ2v) is 8.09. The minimum atomic E-state index is -0.149. The molecule has 2 bridgehead atoms. The third-order valence-corrected chi connectivity index (χ3v) is 6.53. The molecule has 0 radical (unpaired) electrons. The number of nitrogens with one attached hydrogen (secondary N) is 1. The van der Waals surface area contributed by atoms with Crippen molar-refractivity contribution in [2.45, 2.75) is 31.0 Å². The Morgan fingerprint density at radius 3 is 2.57 bits per heavy atom. The fraction of sp³-hybridized carbons (Fsp3) is 0.458. The van der Waals surface area contributed by atoms with E-state index >= 15 is 0 Å². The molecule has 2 fully saturated rings. The highest BCUT2D eigenvalue weighted by atomic mass is 16.5. The number of carbonyl (C=O) groups excluding carboxylic acids is 1. The maximum absolute atomic E-state index is 12.3. The van der Waals surface area contributed by atoms with E-state index in [0.717, 1.165) is 36.6 Å². The average molecular weight is 411 g/mol. The number of hydrogen-bond donors (Lipinski definition) is 1. The Morgan fingerprint density at radius 1 is 1.07 bits per heavy atom. The zero-order valence-electron chi connectivity index (χ0n) is 17.8. The van der Waals surface area contributed by atoms with Gasteiger partial charge in [-0.05, 0) is 36.1 Å². The van der Waals surface area contributed by atoms with Gasteiger partial charge in [-0.1, -0.05) is 30.3 Å². The topological polar surface area (TPSA) is 60.0 Å². The predicted molar refractivity (Wildman–Crippen MR) is 115 cm³/mol. The summed E-state index contributed by atoms with van der Waals surface area (Å²) >= 11 is 0. The summed E-state index contributed by atoms with van der Waals surface area (Å²) in [6, 6.07) is 16.6. The van der Waals surface area contributed by atoms with E-state index in [0.29, 0.717) is 18.4 Å². The van der Waals surface area contributed by atoms with Crippen LogP contribution in [0.2, 0.25) is 0 Å². The van der Waals surface area contributed by atoms with Crippen LogP contribution in [0.1, 0.15) is 23.5 Å². The third kappa shape index (κ3) is 4.02. The van der Waals surface area contributed by atoms with Gasteiger partial charge >= 0.3 is 5.97 Å². The molecule has 4 rings (SSSR count). The summed E-state index contributed by atoms with van der Waals surface area (Å²) in [5, 5.41) is 3.80. The number of methoxy groups -OCH3 is 3. The molecule has 2 aliphatic heterocycles. The van der Waals surface area contributed by atoms with Gasteiger partial charge in [0.15, 0.2) is 0 Å². The number of hydrogen-bond acceptors (Lipinski definition) is 6. The Bertz CT molecular complexity index is 873. The van der Waals surface area contributed by atoms with Crippen LogP contribution in [0.5, 0.6) is 11.5 Å². The van der Waals surface area contributed by atoms with Crippen LogP contribution >= 0.6 is 0 Å². The molecule has 0 saturated carbocycles. The molecule has 2 aromatic rings. The Balaban J connectivity index is 1.59. The van der Waals surface area contributed by atoms with E-state index in [-0.39, 0.29) is 18.1 Å². The first-order valence-electron chi connectivity index (χ1n) is 10.5. The highest BCUT2D eigenvalue weighted by Gasteiger charge is 2.48. The standard InChI is InChI=1S/C24H30N2O4/c1-28-19-9-10-22(29-2)17(11-19)13-25-23-18-12-21(24(27)30-3)26(14-18)15-20(23)16-7-5-4-6-8-16/h4-11,18,20-21,23,25H,12-15H2,1-3H3. The smallest absolute Gasteiger partial charge is 0.323 e. The van der Waals surface area contributed by atoms with Crippen LogP contribution in [0, 0.1) is 5.92 Å². The summed E-state index contributed by atoms with van der Waals surface area (Å²) in [5.41, 5.74) is 2.36. The molecule has 0 aliphatic carbocycles. The lowest BCUT2D eigenvalue weighted by molar-refractivity contribution is -0.145. The summed E-state index contributed by atoms with van der Waals surface area (Å²) in [4.78, 5) is 14.6. The SMILES string of the molecule is COC(=O)C1CC2CN1CC(c1ccccc1)C2NCc1cc(OC)ccc1OC. The normalized spacial score (nSPS) is 27.5. The molecule has 5 atom stereocenters. The molecular weight excluding hydrogens is 380 g/mol. The second kappa shape index (κ2) is 9.06. The number of esters is 1.